The second kappa shape index (κ2) is 7.72. The summed E-state index contributed by atoms with van der Waals surface area (Å²) in [4.78, 5) is 12.8. The molecule has 1 amide bonds. The Hall–Kier alpha value is -1.61. The molecule has 6 rings (SSSR count). The Bertz CT molecular complexity index is 955. The van der Waals surface area contributed by atoms with Crippen molar-refractivity contribution in [3.05, 3.63) is 29.8 Å². The standard InChI is InChI=1S/C23H29F3N2O3S/c24-23(25,26)18-3-5-20(6-4-18)32(30,31)28-7-1-2-19(28)11-21(29)27-22-12-15-8-16(13-22)10-17(9-15)14-22/h3-6,15-17,19H,1-2,7-14H2,(H,27,29). The van der Waals surface area contributed by atoms with E-state index in [2.05, 4.69) is 5.32 Å². The summed E-state index contributed by atoms with van der Waals surface area (Å²) < 4.78 is 66.0. The lowest BCUT2D eigenvalue weighted by Crippen LogP contribution is -2.60. The Morgan fingerprint density at radius 1 is 1.03 bits per heavy atom. The van der Waals surface area contributed by atoms with Gasteiger partial charge in [-0.1, -0.05) is 0 Å². The highest BCUT2D eigenvalue weighted by atomic mass is 32.2. The molecule has 0 radical (unpaired) electrons. The zero-order valence-corrected chi connectivity index (χ0v) is 18.7. The van der Waals surface area contributed by atoms with Crippen LogP contribution in [0.25, 0.3) is 0 Å². The molecular formula is C23H29F3N2O3S. The zero-order chi connectivity index (χ0) is 22.7. The highest BCUT2D eigenvalue weighted by molar-refractivity contribution is 7.89. The predicted octanol–water partition coefficient (Wildman–Crippen LogP) is 4.33. The van der Waals surface area contributed by atoms with Crippen LogP contribution in [-0.2, 0) is 21.0 Å². The van der Waals surface area contributed by atoms with E-state index in [0.29, 0.717) is 30.6 Å². The molecule has 1 unspecified atom stereocenters. The van der Waals surface area contributed by atoms with E-state index in [1.807, 2.05) is 0 Å². The Morgan fingerprint density at radius 3 is 2.12 bits per heavy atom. The molecule has 0 aromatic heterocycles. The minimum Gasteiger partial charge on any atom is -0.351 e. The van der Waals surface area contributed by atoms with Crippen molar-refractivity contribution in [3.8, 4) is 0 Å². The second-order valence-corrected chi connectivity index (χ2v) is 12.3. The number of carbonyl (C=O) groups excluding carboxylic acids is 1. The summed E-state index contributed by atoms with van der Waals surface area (Å²) in [6, 6.07) is 3.12. The van der Waals surface area contributed by atoms with Gasteiger partial charge in [-0.2, -0.15) is 17.5 Å². The number of alkyl halides is 3. The number of sulfonamides is 1. The number of carbonyl (C=O) groups is 1. The predicted molar refractivity (Wildman–Crippen MR) is 112 cm³/mol. The number of hydrogen-bond donors (Lipinski definition) is 1. The molecule has 32 heavy (non-hydrogen) atoms. The number of benzene rings is 1. The normalized spacial score (nSPS) is 34.7. The molecule has 5 aliphatic rings. The summed E-state index contributed by atoms with van der Waals surface area (Å²) in [7, 11) is -3.96. The lowest BCUT2D eigenvalue weighted by Gasteiger charge is -2.57. The summed E-state index contributed by atoms with van der Waals surface area (Å²) in [6.07, 6.45) is 3.71. The van der Waals surface area contributed by atoms with E-state index in [0.717, 1.165) is 43.5 Å². The summed E-state index contributed by atoms with van der Waals surface area (Å²) in [5.41, 5.74) is -1.01. The van der Waals surface area contributed by atoms with Crippen molar-refractivity contribution in [2.24, 2.45) is 17.8 Å². The van der Waals surface area contributed by atoms with Gasteiger partial charge in [0.05, 0.1) is 10.5 Å². The zero-order valence-electron chi connectivity index (χ0n) is 17.9. The van der Waals surface area contributed by atoms with E-state index < -0.39 is 27.8 Å². The fraction of sp³-hybridized carbons (Fsp3) is 0.696. The lowest BCUT2D eigenvalue weighted by molar-refractivity contribution is -0.137. The number of hydrogen-bond acceptors (Lipinski definition) is 3. The van der Waals surface area contributed by atoms with Gasteiger partial charge in [0, 0.05) is 24.5 Å². The Kier molecular flexibility index (Phi) is 5.36. The van der Waals surface area contributed by atoms with Gasteiger partial charge in [-0.25, -0.2) is 8.42 Å². The first-order valence-electron chi connectivity index (χ1n) is 11.5. The van der Waals surface area contributed by atoms with Crippen LogP contribution in [0.4, 0.5) is 13.2 Å². The molecule has 5 nitrogen and oxygen atoms in total. The summed E-state index contributed by atoms with van der Waals surface area (Å²) in [6.45, 7) is 0.276. The minimum atomic E-state index is -4.52. The third kappa shape index (κ3) is 4.06. The fourth-order valence-corrected chi connectivity index (χ4v) is 8.80. The molecule has 5 fully saturated rings. The monoisotopic (exact) mass is 470 g/mol. The number of rotatable bonds is 5. The van der Waals surface area contributed by atoms with Crippen LogP contribution in [0.15, 0.2) is 29.2 Å². The molecule has 1 aromatic carbocycles. The van der Waals surface area contributed by atoms with Crippen LogP contribution in [0, 0.1) is 17.8 Å². The van der Waals surface area contributed by atoms with E-state index in [1.165, 1.54) is 23.6 Å². The Morgan fingerprint density at radius 2 is 1.59 bits per heavy atom. The van der Waals surface area contributed by atoms with Gasteiger partial charge < -0.3 is 5.32 Å². The van der Waals surface area contributed by atoms with Gasteiger partial charge in [-0.3, -0.25) is 4.79 Å². The van der Waals surface area contributed by atoms with Crippen molar-refractivity contribution >= 4 is 15.9 Å². The molecule has 4 saturated carbocycles. The Balaban J connectivity index is 1.27. The van der Waals surface area contributed by atoms with Crippen LogP contribution >= 0.6 is 0 Å². The highest BCUT2D eigenvalue weighted by Gasteiger charge is 2.51. The van der Waals surface area contributed by atoms with Crippen LogP contribution in [0.3, 0.4) is 0 Å². The van der Waals surface area contributed by atoms with Crippen LogP contribution in [0.5, 0.6) is 0 Å². The molecule has 1 aromatic rings. The van der Waals surface area contributed by atoms with E-state index in [9.17, 15) is 26.4 Å². The molecular weight excluding hydrogens is 441 g/mol. The van der Waals surface area contributed by atoms with Crippen molar-refractivity contribution in [1.82, 2.24) is 9.62 Å². The summed E-state index contributed by atoms with van der Waals surface area (Å²) in [5, 5.41) is 3.30. The third-order valence-electron chi connectivity index (χ3n) is 7.98. The van der Waals surface area contributed by atoms with Gasteiger partial charge in [0.15, 0.2) is 0 Å². The van der Waals surface area contributed by atoms with E-state index >= 15 is 0 Å². The van der Waals surface area contributed by atoms with Crippen molar-refractivity contribution < 1.29 is 26.4 Å². The second-order valence-electron chi connectivity index (χ2n) is 10.4. The summed E-state index contributed by atoms with van der Waals surface area (Å²) in [5.74, 6) is 1.99. The van der Waals surface area contributed by atoms with Gasteiger partial charge in [-0.15, -0.1) is 0 Å². The maximum absolute atomic E-state index is 13.1. The average Bonchev–Trinajstić information content (AvgIpc) is 3.14. The van der Waals surface area contributed by atoms with Gasteiger partial charge in [0.1, 0.15) is 0 Å². The maximum Gasteiger partial charge on any atom is 0.416 e. The molecule has 1 N–H and O–H groups in total. The van der Waals surface area contributed by atoms with Gasteiger partial charge in [0.25, 0.3) is 0 Å². The molecule has 1 heterocycles. The van der Waals surface area contributed by atoms with Crippen LogP contribution in [0.1, 0.15) is 63.4 Å². The van der Waals surface area contributed by atoms with Crippen LogP contribution < -0.4 is 5.32 Å². The molecule has 4 aliphatic carbocycles. The first-order valence-corrected chi connectivity index (χ1v) is 13.0. The minimum absolute atomic E-state index is 0.0988. The number of nitrogens with zero attached hydrogens (tertiary/aromatic N) is 1. The average molecular weight is 471 g/mol. The van der Waals surface area contributed by atoms with Crippen molar-refractivity contribution in [2.75, 3.05) is 6.54 Å². The number of nitrogens with one attached hydrogen (secondary N) is 1. The maximum atomic E-state index is 13.1. The van der Waals surface area contributed by atoms with E-state index in [4.69, 9.17) is 0 Å². The van der Waals surface area contributed by atoms with Gasteiger partial charge in [0.2, 0.25) is 15.9 Å². The molecule has 176 valence electrons. The largest absolute Gasteiger partial charge is 0.416 e. The number of amides is 1. The van der Waals surface area contributed by atoms with Crippen LogP contribution in [-0.4, -0.2) is 36.8 Å². The molecule has 0 spiro atoms. The topological polar surface area (TPSA) is 66.5 Å². The van der Waals surface area contributed by atoms with Gasteiger partial charge >= 0.3 is 6.18 Å². The fourth-order valence-electron chi connectivity index (χ4n) is 7.11. The number of halogens is 3. The van der Waals surface area contributed by atoms with Crippen molar-refractivity contribution in [3.63, 3.8) is 0 Å². The highest BCUT2D eigenvalue weighted by Crippen LogP contribution is 2.55. The van der Waals surface area contributed by atoms with E-state index in [-0.39, 0.29) is 29.3 Å². The first kappa shape index (κ1) is 22.2. The SMILES string of the molecule is O=C(CC1CCCN1S(=O)(=O)c1ccc(C(F)(F)F)cc1)NC12CC3CC(CC(C3)C1)C2. The van der Waals surface area contributed by atoms with Crippen LogP contribution in [0.2, 0.25) is 0 Å². The first-order chi connectivity index (χ1) is 15.0. The molecule has 4 bridgehead atoms. The molecule has 9 heteroatoms. The molecule has 1 atom stereocenters. The quantitative estimate of drug-likeness (QED) is 0.697. The van der Waals surface area contributed by atoms with Crippen molar-refractivity contribution in [1.29, 1.82) is 0 Å². The lowest BCUT2D eigenvalue weighted by atomic mass is 9.53. The smallest absolute Gasteiger partial charge is 0.351 e. The third-order valence-corrected chi connectivity index (χ3v) is 9.94. The van der Waals surface area contributed by atoms with Gasteiger partial charge in [-0.05, 0) is 93.4 Å². The molecule has 1 aliphatic heterocycles. The summed E-state index contributed by atoms with van der Waals surface area (Å²) >= 11 is 0. The van der Waals surface area contributed by atoms with E-state index in [1.54, 1.807) is 0 Å². The molecule has 1 saturated heterocycles. The Labute approximate surface area is 186 Å². The van der Waals surface area contributed by atoms with Crippen molar-refractivity contribution in [2.45, 2.75) is 80.4 Å².